The molecule has 6 heteroatoms. The number of amides is 1. The second-order valence-corrected chi connectivity index (χ2v) is 6.74. The molecule has 0 heterocycles. The van der Waals surface area contributed by atoms with Crippen LogP contribution in [0.1, 0.15) is 32.6 Å². The molecule has 0 bridgehead atoms. The second-order valence-electron chi connectivity index (χ2n) is 5.90. The van der Waals surface area contributed by atoms with Crippen molar-refractivity contribution < 1.29 is 9.53 Å². The molecular weight excluding hydrogens is 323 g/mol. The van der Waals surface area contributed by atoms with Gasteiger partial charge in [0.15, 0.2) is 6.10 Å². The van der Waals surface area contributed by atoms with Gasteiger partial charge in [0.1, 0.15) is 5.75 Å². The Balaban J connectivity index is 1.58. The first-order valence-electron chi connectivity index (χ1n) is 7.53. The lowest BCUT2D eigenvalue weighted by Gasteiger charge is -2.14. The summed E-state index contributed by atoms with van der Waals surface area (Å²) in [4.78, 5) is 12.1. The van der Waals surface area contributed by atoms with Crippen LogP contribution in [-0.4, -0.2) is 17.7 Å². The van der Waals surface area contributed by atoms with E-state index in [9.17, 15) is 4.79 Å². The highest BCUT2D eigenvalue weighted by atomic mass is 35.5. The van der Waals surface area contributed by atoms with Crippen LogP contribution in [0.3, 0.4) is 0 Å². The molecule has 0 aliphatic heterocycles. The molecule has 0 spiro atoms. The van der Waals surface area contributed by atoms with Crippen molar-refractivity contribution in [2.24, 2.45) is 16.9 Å². The number of hydrogen-bond donors (Lipinski definition) is 1. The summed E-state index contributed by atoms with van der Waals surface area (Å²) in [6.45, 7) is 1.67. The second kappa shape index (κ2) is 6.47. The minimum Gasteiger partial charge on any atom is -0.479 e. The molecule has 0 radical (unpaired) electrons. The lowest BCUT2D eigenvalue weighted by Crippen LogP contribution is -2.34. The number of halogens is 2. The van der Waals surface area contributed by atoms with E-state index < -0.39 is 6.10 Å². The van der Waals surface area contributed by atoms with E-state index in [1.165, 1.54) is 25.7 Å². The standard InChI is InChI=1S/C16H18Cl2N2O2/c1-9(22-14-7-6-12(17)8-13(14)18)16(21)20-19-15(10-2-3-10)11-4-5-11/h6-11H,2-5H2,1H3,(H,20,21). The maximum Gasteiger partial charge on any atom is 0.280 e. The third-order valence-electron chi connectivity index (χ3n) is 3.85. The average molecular weight is 341 g/mol. The summed E-state index contributed by atoms with van der Waals surface area (Å²) in [6, 6.07) is 4.90. The van der Waals surface area contributed by atoms with E-state index in [2.05, 4.69) is 10.5 Å². The molecule has 2 saturated carbocycles. The highest BCUT2D eigenvalue weighted by Gasteiger charge is 2.38. The Morgan fingerprint density at radius 3 is 2.45 bits per heavy atom. The largest absolute Gasteiger partial charge is 0.479 e. The molecule has 2 aliphatic carbocycles. The molecule has 1 atom stereocenters. The van der Waals surface area contributed by atoms with E-state index in [0.717, 1.165) is 5.71 Å². The summed E-state index contributed by atoms with van der Waals surface area (Å²) in [6.07, 6.45) is 4.09. The Bertz CT molecular complexity index is 596. The van der Waals surface area contributed by atoms with Gasteiger partial charge in [-0.15, -0.1) is 0 Å². The van der Waals surface area contributed by atoms with Gasteiger partial charge in [-0.1, -0.05) is 23.2 Å². The van der Waals surface area contributed by atoms with Crippen LogP contribution in [0.25, 0.3) is 0 Å². The lowest BCUT2D eigenvalue weighted by atomic mass is 10.1. The zero-order chi connectivity index (χ0) is 15.7. The van der Waals surface area contributed by atoms with E-state index in [4.69, 9.17) is 27.9 Å². The highest BCUT2D eigenvalue weighted by molar-refractivity contribution is 6.35. The maximum absolute atomic E-state index is 12.1. The average Bonchev–Trinajstić information content (AvgIpc) is 3.35. The Hall–Kier alpha value is -1.26. The first-order chi connectivity index (χ1) is 10.5. The first-order valence-corrected chi connectivity index (χ1v) is 8.29. The molecule has 118 valence electrons. The van der Waals surface area contributed by atoms with Gasteiger partial charge in [0, 0.05) is 10.7 Å². The monoisotopic (exact) mass is 340 g/mol. The number of rotatable bonds is 6. The van der Waals surface area contributed by atoms with Crippen molar-refractivity contribution in [1.29, 1.82) is 0 Å². The van der Waals surface area contributed by atoms with Gasteiger partial charge in [0.2, 0.25) is 0 Å². The summed E-state index contributed by atoms with van der Waals surface area (Å²) >= 11 is 11.9. The van der Waals surface area contributed by atoms with Gasteiger partial charge < -0.3 is 4.74 Å². The van der Waals surface area contributed by atoms with Gasteiger partial charge in [-0.3, -0.25) is 4.79 Å². The zero-order valence-electron chi connectivity index (χ0n) is 12.3. The number of hydrogen-bond acceptors (Lipinski definition) is 3. The molecule has 0 aromatic heterocycles. The molecule has 1 aromatic rings. The zero-order valence-corrected chi connectivity index (χ0v) is 13.8. The SMILES string of the molecule is CC(Oc1ccc(Cl)cc1Cl)C(=O)NN=C(C1CC1)C1CC1. The van der Waals surface area contributed by atoms with E-state index in [1.54, 1.807) is 25.1 Å². The fourth-order valence-electron chi connectivity index (χ4n) is 2.30. The van der Waals surface area contributed by atoms with Crippen molar-refractivity contribution in [3.05, 3.63) is 28.2 Å². The van der Waals surface area contributed by atoms with Crippen LogP contribution >= 0.6 is 23.2 Å². The van der Waals surface area contributed by atoms with Gasteiger partial charge in [-0.05, 0) is 62.6 Å². The third kappa shape index (κ3) is 3.93. The van der Waals surface area contributed by atoms with Crippen LogP contribution in [0.4, 0.5) is 0 Å². The van der Waals surface area contributed by atoms with E-state index in [1.807, 2.05) is 0 Å². The number of benzene rings is 1. The minimum absolute atomic E-state index is 0.273. The summed E-state index contributed by atoms with van der Waals surface area (Å²) < 4.78 is 5.57. The summed E-state index contributed by atoms with van der Waals surface area (Å²) in [5.41, 5.74) is 3.79. The number of carbonyl (C=O) groups is 1. The third-order valence-corrected chi connectivity index (χ3v) is 4.38. The van der Waals surface area contributed by atoms with Crippen LogP contribution in [0.2, 0.25) is 10.0 Å². The number of nitrogens with zero attached hydrogens (tertiary/aromatic N) is 1. The first kappa shape index (κ1) is 15.6. The predicted molar refractivity (Wildman–Crippen MR) is 87.6 cm³/mol. The van der Waals surface area contributed by atoms with Crippen LogP contribution in [0.5, 0.6) is 5.75 Å². The number of nitrogens with one attached hydrogen (secondary N) is 1. The summed E-state index contributed by atoms with van der Waals surface area (Å²) in [7, 11) is 0. The molecule has 2 fully saturated rings. The normalized spacial score (nSPS) is 18.5. The van der Waals surface area contributed by atoms with Crippen LogP contribution in [0, 0.1) is 11.8 Å². The van der Waals surface area contributed by atoms with Crippen LogP contribution in [0.15, 0.2) is 23.3 Å². The Kier molecular flexibility index (Phi) is 4.59. The van der Waals surface area contributed by atoms with Crippen molar-refractivity contribution >= 4 is 34.8 Å². The Morgan fingerprint density at radius 1 is 1.27 bits per heavy atom. The molecule has 4 nitrogen and oxygen atoms in total. The van der Waals surface area contributed by atoms with Crippen molar-refractivity contribution in [2.45, 2.75) is 38.7 Å². The number of ether oxygens (including phenoxy) is 1. The number of carbonyl (C=O) groups excluding carboxylic acids is 1. The molecule has 1 amide bonds. The van der Waals surface area contributed by atoms with E-state index in [0.29, 0.717) is 27.6 Å². The summed E-state index contributed by atoms with van der Waals surface area (Å²) in [5, 5.41) is 5.24. The molecule has 2 aliphatic rings. The van der Waals surface area contributed by atoms with Crippen LogP contribution in [-0.2, 0) is 4.79 Å². The summed E-state index contributed by atoms with van der Waals surface area (Å²) in [5.74, 6) is 1.32. The minimum atomic E-state index is -0.679. The number of hydrazone groups is 1. The molecule has 1 aromatic carbocycles. The topological polar surface area (TPSA) is 50.7 Å². The molecule has 22 heavy (non-hydrogen) atoms. The maximum atomic E-state index is 12.1. The van der Waals surface area contributed by atoms with Crippen molar-refractivity contribution in [1.82, 2.24) is 5.43 Å². The van der Waals surface area contributed by atoms with E-state index in [-0.39, 0.29) is 5.91 Å². The smallest absolute Gasteiger partial charge is 0.280 e. The molecular formula is C16H18Cl2N2O2. The Morgan fingerprint density at radius 2 is 1.91 bits per heavy atom. The van der Waals surface area contributed by atoms with E-state index >= 15 is 0 Å². The molecule has 1 N–H and O–H groups in total. The highest BCUT2D eigenvalue weighted by Crippen LogP contribution is 2.41. The quantitative estimate of drug-likeness (QED) is 0.627. The molecule has 1 unspecified atom stereocenters. The fourth-order valence-corrected chi connectivity index (χ4v) is 2.75. The van der Waals surface area contributed by atoms with Gasteiger partial charge in [0.05, 0.1) is 5.02 Å². The molecule has 0 saturated heterocycles. The Labute approximate surface area is 139 Å². The molecule has 3 rings (SSSR count). The lowest BCUT2D eigenvalue weighted by molar-refractivity contribution is -0.127. The van der Waals surface area contributed by atoms with Crippen molar-refractivity contribution in [3.8, 4) is 5.75 Å². The van der Waals surface area contributed by atoms with Crippen LogP contribution < -0.4 is 10.2 Å². The van der Waals surface area contributed by atoms with Gasteiger partial charge in [-0.2, -0.15) is 5.10 Å². The van der Waals surface area contributed by atoms with Gasteiger partial charge in [-0.25, -0.2) is 5.43 Å². The predicted octanol–water partition coefficient (Wildman–Crippen LogP) is 4.05. The van der Waals surface area contributed by atoms with Gasteiger partial charge >= 0.3 is 0 Å². The fraction of sp³-hybridized carbons (Fsp3) is 0.500. The van der Waals surface area contributed by atoms with Crippen molar-refractivity contribution in [2.75, 3.05) is 0 Å². The van der Waals surface area contributed by atoms with Crippen molar-refractivity contribution in [3.63, 3.8) is 0 Å². The van der Waals surface area contributed by atoms with Gasteiger partial charge in [0.25, 0.3) is 5.91 Å².